The highest BCUT2D eigenvalue weighted by Crippen LogP contribution is 2.50. The van der Waals surface area contributed by atoms with E-state index < -0.39 is 11.5 Å². The van der Waals surface area contributed by atoms with Gasteiger partial charge in [-0.15, -0.1) is 0 Å². The van der Waals surface area contributed by atoms with Crippen molar-refractivity contribution in [3.63, 3.8) is 0 Å². The smallest absolute Gasteiger partial charge is 0.0991 e. The van der Waals surface area contributed by atoms with Gasteiger partial charge in [-0.1, -0.05) is 13.3 Å². The third-order valence-corrected chi connectivity index (χ3v) is 4.45. The van der Waals surface area contributed by atoms with Crippen molar-refractivity contribution in [3.05, 3.63) is 28.5 Å². The maximum atomic E-state index is 10.5. The lowest BCUT2D eigenvalue weighted by atomic mass is 9.78. The third-order valence-electron chi connectivity index (χ3n) is 4.02. The van der Waals surface area contributed by atoms with Crippen LogP contribution in [0.1, 0.15) is 44.3 Å². The molecule has 1 N–H and O–H groups in total. The summed E-state index contributed by atoms with van der Waals surface area (Å²) >= 11 is 3.35. The Hall–Kier alpha value is -0.920. The molecule has 0 saturated heterocycles. The fraction of sp³-hybridized carbons (Fsp3) is 0.571. The highest BCUT2D eigenvalue weighted by atomic mass is 79.9. The van der Waals surface area contributed by atoms with Gasteiger partial charge in [0.1, 0.15) is 0 Å². The van der Waals surface area contributed by atoms with Crippen LogP contribution in [0, 0.1) is 22.7 Å². The van der Waals surface area contributed by atoms with E-state index in [-0.39, 0.29) is 0 Å². The summed E-state index contributed by atoms with van der Waals surface area (Å²) in [6.45, 7) is 2.14. The van der Waals surface area contributed by atoms with Gasteiger partial charge < -0.3 is 5.11 Å². The average Bonchev–Trinajstić information content (AvgIpc) is 2.83. The summed E-state index contributed by atoms with van der Waals surface area (Å²) in [5.41, 5.74) is 0.0889. The summed E-state index contributed by atoms with van der Waals surface area (Å²) < 4.78 is 0.831. The van der Waals surface area contributed by atoms with Gasteiger partial charge >= 0.3 is 0 Å². The summed E-state index contributed by atoms with van der Waals surface area (Å²) in [6.07, 6.45) is 6.25. The molecule has 3 unspecified atom stereocenters. The molecule has 1 fully saturated rings. The van der Waals surface area contributed by atoms with Crippen LogP contribution in [-0.4, -0.2) is 10.1 Å². The van der Waals surface area contributed by atoms with Crippen LogP contribution in [0.4, 0.5) is 0 Å². The molecule has 0 radical (unpaired) electrons. The van der Waals surface area contributed by atoms with E-state index >= 15 is 0 Å². The Bertz CT molecular complexity index is 471. The summed E-state index contributed by atoms with van der Waals surface area (Å²) in [4.78, 5) is 4.06. The molecule has 4 heteroatoms. The molecule has 1 heterocycles. The third kappa shape index (κ3) is 2.43. The van der Waals surface area contributed by atoms with E-state index in [2.05, 4.69) is 33.9 Å². The molecule has 0 aliphatic heterocycles. The fourth-order valence-corrected chi connectivity index (χ4v) is 3.22. The van der Waals surface area contributed by atoms with Crippen molar-refractivity contribution >= 4 is 15.9 Å². The topological polar surface area (TPSA) is 56.9 Å². The summed E-state index contributed by atoms with van der Waals surface area (Å²) in [5, 5.41) is 20.0. The second-order valence-electron chi connectivity index (χ2n) is 5.12. The molecule has 1 saturated carbocycles. The lowest BCUT2D eigenvalue weighted by molar-refractivity contribution is 0.0637. The predicted octanol–water partition coefficient (Wildman–Crippen LogP) is 3.60. The Kier molecular flexibility index (Phi) is 4.04. The molecule has 1 aliphatic carbocycles. The molecule has 0 aromatic carbocycles. The van der Waals surface area contributed by atoms with E-state index in [0.717, 1.165) is 35.7 Å². The van der Waals surface area contributed by atoms with E-state index in [1.54, 1.807) is 12.4 Å². The normalized spacial score (nSPS) is 28.9. The maximum absolute atomic E-state index is 10.5. The fourth-order valence-electron chi connectivity index (χ4n) is 2.84. The van der Waals surface area contributed by atoms with Gasteiger partial charge in [0, 0.05) is 22.4 Å². The van der Waals surface area contributed by atoms with E-state index in [4.69, 9.17) is 0 Å². The van der Waals surface area contributed by atoms with Crippen LogP contribution in [0.3, 0.4) is 0 Å². The second-order valence-corrected chi connectivity index (χ2v) is 6.04. The molecule has 0 amide bonds. The van der Waals surface area contributed by atoms with E-state index in [1.165, 1.54) is 0 Å². The van der Waals surface area contributed by atoms with Crippen LogP contribution in [0.2, 0.25) is 0 Å². The Labute approximate surface area is 116 Å². The van der Waals surface area contributed by atoms with Crippen LogP contribution in [0.5, 0.6) is 0 Å². The van der Waals surface area contributed by atoms with E-state index in [1.807, 2.05) is 6.07 Å². The molecule has 1 aliphatic rings. The lowest BCUT2D eigenvalue weighted by Gasteiger charge is -2.27. The Morgan fingerprint density at radius 2 is 2.44 bits per heavy atom. The molecule has 18 heavy (non-hydrogen) atoms. The van der Waals surface area contributed by atoms with Crippen molar-refractivity contribution in [1.82, 2.24) is 4.98 Å². The average molecular weight is 309 g/mol. The zero-order valence-electron chi connectivity index (χ0n) is 10.4. The maximum Gasteiger partial charge on any atom is 0.0991 e. The number of aliphatic hydroxyl groups is 1. The number of halogens is 1. The molecule has 1 aromatic heterocycles. The summed E-state index contributed by atoms with van der Waals surface area (Å²) in [7, 11) is 0. The standard InChI is InChI=1S/C14H17BrN2O/c1-2-10-3-4-14(6-10,9-16)13(18)11-5-12(15)8-17-7-11/h5,7-8,10,13,18H,2-4,6H2,1H3. The Morgan fingerprint density at radius 3 is 3.00 bits per heavy atom. The first-order valence-corrected chi connectivity index (χ1v) is 7.10. The van der Waals surface area contributed by atoms with Crippen molar-refractivity contribution in [3.8, 4) is 6.07 Å². The molecule has 1 aromatic rings. The largest absolute Gasteiger partial charge is 0.387 e. The highest BCUT2D eigenvalue weighted by molar-refractivity contribution is 9.10. The summed E-state index contributed by atoms with van der Waals surface area (Å²) in [5.74, 6) is 0.555. The zero-order valence-corrected chi connectivity index (χ0v) is 12.0. The number of pyridine rings is 1. The molecule has 0 spiro atoms. The minimum atomic E-state index is -0.746. The van der Waals surface area contributed by atoms with Crippen molar-refractivity contribution in [1.29, 1.82) is 5.26 Å². The van der Waals surface area contributed by atoms with Gasteiger partial charge in [0.25, 0.3) is 0 Å². The SMILES string of the molecule is CCC1CCC(C#N)(C(O)c2cncc(Br)c2)C1. The minimum Gasteiger partial charge on any atom is -0.387 e. The molecule has 3 atom stereocenters. The first kappa shape index (κ1) is 13.5. The van der Waals surface area contributed by atoms with Crippen molar-refractivity contribution in [2.75, 3.05) is 0 Å². The Morgan fingerprint density at radius 1 is 1.67 bits per heavy atom. The minimum absolute atomic E-state index is 0.555. The van der Waals surface area contributed by atoms with Crippen LogP contribution >= 0.6 is 15.9 Å². The number of hydrogen-bond acceptors (Lipinski definition) is 3. The first-order valence-electron chi connectivity index (χ1n) is 6.31. The van der Waals surface area contributed by atoms with Crippen LogP contribution in [0.25, 0.3) is 0 Å². The zero-order chi connectivity index (χ0) is 13.2. The van der Waals surface area contributed by atoms with Gasteiger partial charge in [-0.3, -0.25) is 4.98 Å². The van der Waals surface area contributed by atoms with Crippen molar-refractivity contribution in [2.45, 2.75) is 38.7 Å². The second kappa shape index (κ2) is 5.38. The van der Waals surface area contributed by atoms with Gasteiger partial charge in [-0.2, -0.15) is 5.26 Å². The first-order chi connectivity index (χ1) is 8.61. The van der Waals surface area contributed by atoms with Gasteiger partial charge in [-0.25, -0.2) is 0 Å². The number of nitriles is 1. The van der Waals surface area contributed by atoms with Crippen LogP contribution in [0.15, 0.2) is 22.9 Å². The molecular formula is C14H17BrN2O. The predicted molar refractivity (Wildman–Crippen MR) is 72.6 cm³/mol. The van der Waals surface area contributed by atoms with Crippen LogP contribution in [-0.2, 0) is 0 Å². The Balaban J connectivity index is 2.27. The number of rotatable bonds is 3. The monoisotopic (exact) mass is 308 g/mol. The van der Waals surface area contributed by atoms with Gasteiger partial charge in [0.2, 0.25) is 0 Å². The lowest BCUT2D eigenvalue weighted by Crippen LogP contribution is -2.24. The summed E-state index contributed by atoms with van der Waals surface area (Å²) in [6, 6.07) is 4.21. The molecule has 96 valence electrons. The molecule has 2 rings (SSSR count). The van der Waals surface area contributed by atoms with Gasteiger partial charge in [0.15, 0.2) is 0 Å². The number of nitrogens with zero attached hydrogens (tertiary/aromatic N) is 2. The number of hydrogen-bond donors (Lipinski definition) is 1. The van der Waals surface area contributed by atoms with E-state index in [9.17, 15) is 10.4 Å². The number of aliphatic hydroxyl groups excluding tert-OH is 1. The van der Waals surface area contributed by atoms with E-state index in [0.29, 0.717) is 5.92 Å². The van der Waals surface area contributed by atoms with Crippen molar-refractivity contribution < 1.29 is 5.11 Å². The molecule has 0 bridgehead atoms. The van der Waals surface area contributed by atoms with Gasteiger partial charge in [-0.05, 0) is 47.2 Å². The van der Waals surface area contributed by atoms with Crippen LogP contribution < -0.4 is 0 Å². The quantitative estimate of drug-likeness (QED) is 0.928. The molecule has 3 nitrogen and oxygen atoms in total. The highest BCUT2D eigenvalue weighted by Gasteiger charge is 2.45. The number of aromatic nitrogens is 1. The van der Waals surface area contributed by atoms with Crippen molar-refractivity contribution in [2.24, 2.45) is 11.3 Å². The molecular weight excluding hydrogens is 292 g/mol. The van der Waals surface area contributed by atoms with Gasteiger partial charge in [0.05, 0.1) is 17.6 Å².